The van der Waals surface area contributed by atoms with Gasteiger partial charge in [0.25, 0.3) is 0 Å². The SMILES string of the molecule is CCN(C)C(=O)CNc1nc(C)nc2c1CCCC2. The highest BCUT2D eigenvalue weighted by atomic mass is 16.2. The molecular formula is C14H22N4O. The van der Waals surface area contributed by atoms with Gasteiger partial charge in [0.1, 0.15) is 11.6 Å². The second kappa shape index (κ2) is 5.99. The van der Waals surface area contributed by atoms with E-state index in [4.69, 9.17) is 0 Å². The number of anilines is 1. The van der Waals surface area contributed by atoms with Crippen molar-refractivity contribution in [2.24, 2.45) is 0 Å². The minimum atomic E-state index is 0.0864. The molecule has 0 fully saturated rings. The first-order chi connectivity index (χ1) is 9.11. The van der Waals surface area contributed by atoms with Gasteiger partial charge in [-0.1, -0.05) is 0 Å². The minimum Gasteiger partial charge on any atom is -0.361 e. The molecule has 2 rings (SSSR count). The number of nitrogens with zero attached hydrogens (tertiary/aromatic N) is 3. The Balaban J connectivity index is 2.12. The average Bonchev–Trinajstić information content (AvgIpc) is 2.43. The van der Waals surface area contributed by atoms with Crippen molar-refractivity contribution in [1.82, 2.24) is 14.9 Å². The monoisotopic (exact) mass is 262 g/mol. The van der Waals surface area contributed by atoms with Gasteiger partial charge in [-0.15, -0.1) is 0 Å². The number of hydrogen-bond acceptors (Lipinski definition) is 4. The molecule has 1 aromatic rings. The molecule has 5 nitrogen and oxygen atoms in total. The number of aromatic nitrogens is 2. The third kappa shape index (κ3) is 3.22. The van der Waals surface area contributed by atoms with Crippen LogP contribution >= 0.6 is 0 Å². The Morgan fingerprint density at radius 1 is 1.32 bits per heavy atom. The summed E-state index contributed by atoms with van der Waals surface area (Å²) in [4.78, 5) is 22.5. The fraction of sp³-hybridized carbons (Fsp3) is 0.643. The maximum atomic E-state index is 11.8. The number of rotatable bonds is 4. The number of aryl methyl sites for hydroxylation is 2. The number of carbonyl (C=O) groups is 1. The Bertz CT molecular complexity index is 473. The second-order valence-corrected chi connectivity index (χ2v) is 5.01. The third-order valence-electron chi connectivity index (χ3n) is 3.60. The summed E-state index contributed by atoms with van der Waals surface area (Å²) in [6.45, 7) is 4.89. The average molecular weight is 262 g/mol. The summed E-state index contributed by atoms with van der Waals surface area (Å²) in [5, 5.41) is 3.19. The Morgan fingerprint density at radius 2 is 2.05 bits per heavy atom. The van der Waals surface area contributed by atoms with Crippen molar-refractivity contribution >= 4 is 11.7 Å². The van der Waals surface area contributed by atoms with Gasteiger partial charge in [0, 0.05) is 24.8 Å². The smallest absolute Gasteiger partial charge is 0.241 e. The molecule has 0 radical (unpaired) electrons. The first kappa shape index (κ1) is 13.8. The largest absolute Gasteiger partial charge is 0.361 e. The standard InChI is InChI=1S/C14H22N4O/c1-4-18(3)13(19)9-15-14-11-7-5-6-8-12(11)16-10(2)17-14/h4-9H2,1-3H3,(H,15,16,17). The topological polar surface area (TPSA) is 58.1 Å². The van der Waals surface area contributed by atoms with E-state index in [1.165, 1.54) is 18.4 Å². The fourth-order valence-corrected chi connectivity index (χ4v) is 2.33. The van der Waals surface area contributed by atoms with Gasteiger partial charge in [-0.05, 0) is 39.5 Å². The van der Waals surface area contributed by atoms with Gasteiger partial charge in [-0.25, -0.2) is 9.97 Å². The van der Waals surface area contributed by atoms with E-state index in [1.807, 2.05) is 20.9 Å². The summed E-state index contributed by atoms with van der Waals surface area (Å²) in [5.41, 5.74) is 2.35. The van der Waals surface area contributed by atoms with E-state index in [0.29, 0.717) is 6.54 Å². The van der Waals surface area contributed by atoms with Crippen LogP contribution in [0.15, 0.2) is 0 Å². The molecule has 5 heteroatoms. The van der Waals surface area contributed by atoms with E-state index in [2.05, 4.69) is 15.3 Å². The molecule has 1 aliphatic rings. The lowest BCUT2D eigenvalue weighted by Gasteiger charge is -2.20. The molecule has 1 aliphatic carbocycles. The van der Waals surface area contributed by atoms with Crippen LogP contribution in [0.2, 0.25) is 0 Å². The fourth-order valence-electron chi connectivity index (χ4n) is 2.33. The first-order valence-corrected chi connectivity index (χ1v) is 6.96. The molecule has 1 aromatic heterocycles. The molecule has 1 heterocycles. The van der Waals surface area contributed by atoms with E-state index in [-0.39, 0.29) is 5.91 Å². The number of amides is 1. The molecule has 0 saturated heterocycles. The highest BCUT2D eigenvalue weighted by molar-refractivity contribution is 5.80. The molecule has 0 aromatic carbocycles. The number of likely N-dealkylation sites (N-methyl/N-ethyl adjacent to an activating group) is 1. The normalized spacial score (nSPS) is 13.8. The minimum absolute atomic E-state index is 0.0864. The van der Waals surface area contributed by atoms with Crippen LogP contribution in [-0.4, -0.2) is 40.9 Å². The highest BCUT2D eigenvalue weighted by Crippen LogP contribution is 2.25. The van der Waals surface area contributed by atoms with Crippen LogP contribution in [0.3, 0.4) is 0 Å². The predicted octanol–water partition coefficient (Wildman–Crippen LogP) is 1.55. The molecular weight excluding hydrogens is 240 g/mol. The Morgan fingerprint density at radius 3 is 2.79 bits per heavy atom. The molecule has 0 aliphatic heterocycles. The van der Waals surface area contributed by atoms with E-state index >= 15 is 0 Å². The lowest BCUT2D eigenvalue weighted by atomic mass is 9.96. The van der Waals surface area contributed by atoms with Crippen LogP contribution in [0.25, 0.3) is 0 Å². The van der Waals surface area contributed by atoms with Crippen LogP contribution in [-0.2, 0) is 17.6 Å². The van der Waals surface area contributed by atoms with Gasteiger partial charge < -0.3 is 10.2 Å². The van der Waals surface area contributed by atoms with Crippen molar-refractivity contribution in [2.75, 3.05) is 25.5 Å². The predicted molar refractivity (Wildman–Crippen MR) is 75.2 cm³/mol. The number of fused-ring (bicyclic) bond motifs is 1. The molecule has 1 N–H and O–H groups in total. The van der Waals surface area contributed by atoms with Gasteiger partial charge in [0.05, 0.1) is 6.54 Å². The zero-order chi connectivity index (χ0) is 13.8. The first-order valence-electron chi connectivity index (χ1n) is 6.96. The molecule has 0 unspecified atom stereocenters. The molecule has 104 valence electrons. The van der Waals surface area contributed by atoms with Gasteiger partial charge in [-0.3, -0.25) is 4.79 Å². The number of carbonyl (C=O) groups excluding carboxylic acids is 1. The van der Waals surface area contributed by atoms with E-state index < -0.39 is 0 Å². The quantitative estimate of drug-likeness (QED) is 0.894. The van der Waals surface area contributed by atoms with Crippen molar-refractivity contribution in [3.05, 3.63) is 17.1 Å². The maximum Gasteiger partial charge on any atom is 0.241 e. The molecule has 0 atom stereocenters. The third-order valence-corrected chi connectivity index (χ3v) is 3.60. The van der Waals surface area contributed by atoms with Crippen LogP contribution in [0.5, 0.6) is 0 Å². The van der Waals surface area contributed by atoms with Gasteiger partial charge in [0.15, 0.2) is 0 Å². The van der Waals surface area contributed by atoms with E-state index in [1.54, 1.807) is 4.90 Å². The van der Waals surface area contributed by atoms with Crippen molar-refractivity contribution in [3.63, 3.8) is 0 Å². The summed E-state index contributed by atoms with van der Waals surface area (Å²) in [5.74, 6) is 1.71. The van der Waals surface area contributed by atoms with Crippen LogP contribution in [0, 0.1) is 6.92 Å². The lowest BCUT2D eigenvalue weighted by Crippen LogP contribution is -2.32. The Labute approximate surface area is 114 Å². The number of nitrogens with one attached hydrogen (secondary N) is 1. The highest BCUT2D eigenvalue weighted by Gasteiger charge is 2.17. The van der Waals surface area contributed by atoms with Gasteiger partial charge in [0.2, 0.25) is 5.91 Å². The maximum absolute atomic E-state index is 11.8. The molecule has 0 bridgehead atoms. The van der Waals surface area contributed by atoms with Gasteiger partial charge >= 0.3 is 0 Å². The Kier molecular flexibility index (Phi) is 4.35. The lowest BCUT2D eigenvalue weighted by molar-refractivity contribution is -0.127. The second-order valence-electron chi connectivity index (χ2n) is 5.01. The van der Waals surface area contributed by atoms with Crippen molar-refractivity contribution in [2.45, 2.75) is 39.5 Å². The molecule has 0 saturated carbocycles. The summed E-state index contributed by atoms with van der Waals surface area (Å²) < 4.78 is 0. The van der Waals surface area contributed by atoms with Crippen LogP contribution in [0.4, 0.5) is 5.82 Å². The van der Waals surface area contributed by atoms with E-state index in [0.717, 1.165) is 36.7 Å². The summed E-state index contributed by atoms with van der Waals surface area (Å²) in [7, 11) is 1.81. The van der Waals surface area contributed by atoms with Crippen molar-refractivity contribution < 1.29 is 4.79 Å². The van der Waals surface area contributed by atoms with E-state index in [9.17, 15) is 4.79 Å². The summed E-state index contributed by atoms with van der Waals surface area (Å²) in [6.07, 6.45) is 4.41. The van der Waals surface area contributed by atoms with Crippen molar-refractivity contribution in [3.8, 4) is 0 Å². The Hall–Kier alpha value is -1.65. The molecule has 0 spiro atoms. The van der Waals surface area contributed by atoms with Crippen molar-refractivity contribution in [1.29, 1.82) is 0 Å². The molecule has 1 amide bonds. The van der Waals surface area contributed by atoms with Crippen LogP contribution in [0.1, 0.15) is 36.8 Å². The zero-order valence-corrected chi connectivity index (χ0v) is 12.0. The zero-order valence-electron chi connectivity index (χ0n) is 12.0. The summed E-state index contributed by atoms with van der Waals surface area (Å²) >= 11 is 0. The molecule has 19 heavy (non-hydrogen) atoms. The summed E-state index contributed by atoms with van der Waals surface area (Å²) in [6, 6.07) is 0. The van der Waals surface area contributed by atoms with Crippen LogP contribution < -0.4 is 5.32 Å². The van der Waals surface area contributed by atoms with Gasteiger partial charge in [-0.2, -0.15) is 0 Å². The number of hydrogen-bond donors (Lipinski definition) is 1.